The van der Waals surface area contributed by atoms with E-state index >= 15 is 0 Å². The summed E-state index contributed by atoms with van der Waals surface area (Å²) in [5.41, 5.74) is -0.185. The predicted octanol–water partition coefficient (Wildman–Crippen LogP) is 1.15. The topological polar surface area (TPSA) is 111 Å². The zero-order valence-corrected chi connectivity index (χ0v) is 15.0. The number of thioether (sulfide) groups is 1. The summed E-state index contributed by atoms with van der Waals surface area (Å²) in [5.74, 6) is -0.141. The van der Waals surface area contributed by atoms with Crippen LogP contribution in [-0.4, -0.2) is 53.8 Å². The van der Waals surface area contributed by atoms with Crippen LogP contribution < -0.4 is 10.6 Å². The highest BCUT2D eigenvalue weighted by molar-refractivity contribution is 7.99. The molecule has 1 atom stereocenters. The van der Waals surface area contributed by atoms with Crippen LogP contribution in [0.3, 0.4) is 0 Å². The maximum atomic E-state index is 12.1. The van der Waals surface area contributed by atoms with Crippen LogP contribution in [0, 0.1) is 11.3 Å². The van der Waals surface area contributed by atoms with Gasteiger partial charge in [0.15, 0.2) is 0 Å². The molecule has 1 heterocycles. The maximum absolute atomic E-state index is 12.1. The molecule has 9 heteroatoms. The lowest BCUT2D eigenvalue weighted by Gasteiger charge is -2.28. The molecule has 1 aromatic carbocycles. The van der Waals surface area contributed by atoms with E-state index in [-0.39, 0.29) is 31.0 Å². The molecule has 1 aliphatic rings. The fraction of sp³-hybridized carbons (Fsp3) is 0.438. The van der Waals surface area contributed by atoms with Crippen LogP contribution in [0.4, 0.5) is 5.69 Å². The summed E-state index contributed by atoms with van der Waals surface area (Å²) in [7, 11) is 0. The number of aliphatic hydroxyl groups is 1. The van der Waals surface area contributed by atoms with Crippen molar-refractivity contribution in [3.63, 3.8) is 0 Å². The summed E-state index contributed by atoms with van der Waals surface area (Å²) in [4.78, 5) is 24.1. The van der Waals surface area contributed by atoms with Gasteiger partial charge < -0.3 is 20.5 Å². The third-order valence-electron chi connectivity index (χ3n) is 3.69. The molecule has 3 N–H and O–H groups in total. The average molecular weight is 384 g/mol. The predicted molar refractivity (Wildman–Crippen MR) is 95.5 cm³/mol. The Morgan fingerprint density at radius 1 is 1.44 bits per heavy atom. The monoisotopic (exact) mass is 383 g/mol. The van der Waals surface area contributed by atoms with E-state index in [0.717, 1.165) is 12.2 Å². The minimum absolute atomic E-state index is 0.105. The number of carbonyl (C=O) groups is 2. The first-order valence-electron chi connectivity index (χ1n) is 7.61. The molecule has 0 aromatic heterocycles. The van der Waals surface area contributed by atoms with E-state index in [0.29, 0.717) is 10.8 Å². The zero-order chi connectivity index (χ0) is 18.3. The Morgan fingerprint density at radius 2 is 2.24 bits per heavy atom. The minimum Gasteiger partial charge on any atom is -0.394 e. The number of benzene rings is 1. The van der Waals surface area contributed by atoms with Crippen molar-refractivity contribution in [1.82, 2.24) is 5.32 Å². The van der Waals surface area contributed by atoms with Crippen LogP contribution in [0.5, 0.6) is 0 Å². The number of amides is 2. The van der Waals surface area contributed by atoms with E-state index in [9.17, 15) is 9.59 Å². The number of rotatable bonds is 6. The fourth-order valence-electron chi connectivity index (χ4n) is 2.37. The summed E-state index contributed by atoms with van der Waals surface area (Å²) < 4.78 is 5.66. The summed E-state index contributed by atoms with van der Waals surface area (Å²) in [6.07, 6.45) is 0.729. The number of carbonyl (C=O) groups excluding carboxylic acids is 2. The van der Waals surface area contributed by atoms with Gasteiger partial charge in [0.05, 0.1) is 30.1 Å². The standard InChI is InChI=1S/C16H18ClN3O4S/c17-12-2-1-11(8-18)13(7-12)20-15(23)14(22)19-9-16(24-5-4-21)3-6-25-10-16/h1-2,7,21H,3-6,9-10H2,(H,19,22)(H,20,23). The third kappa shape index (κ3) is 5.34. The maximum Gasteiger partial charge on any atom is 0.313 e. The lowest BCUT2D eigenvalue weighted by atomic mass is 10.0. The largest absolute Gasteiger partial charge is 0.394 e. The molecule has 0 bridgehead atoms. The van der Waals surface area contributed by atoms with Gasteiger partial charge >= 0.3 is 11.8 Å². The Bertz CT molecular complexity index is 686. The van der Waals surface area contributed by atoms with E-state index in [1.165, 1.54) is 18.2 Å². The van der Waals surface area contributed by atoms with Crippen LogP contribution in [0.15, 0.2) is 18.2 Å². The fourth-order valence-corrected chi connectivity index (χ4v) is 3.91. The molecule has 1 unspecified atom stereocenters. The van der Waals surface area contributed by atoms with Crippen molar-refractivity contribution in [2.24, 2.45) is 0 Å². The molecule has 2 amide bonds. The smallest absolute Gasteiger partial charge is 0.313 e. The Hall–Kier alpha value is -1.79. The first-order chi connectivity index (χ1) is 12.0. The molecule has 0 radical (unpaired) electrons. The number of hydrogen-bond acceptors (Lipinski definition) is 6. The molecule has 1 aliphatic heterocycles. The Balaban J connectivity index is 1.95. The molecule has 0 spiro atoms. The summed E-state index contributed by atoms with van der Waals surface area (Å²) >= 11 is 7.54. The molecule has 7 nitrogen and oxygen atoms in total. The Kier molecular flexibility index (Phi) is 7.08. The molecule has 0 saturated carbocycles. The van der Waals surface area contributed by atoms with Crippen molar-refractivity contribution < 1.29 is 19.4 Å². The first kappa shape index (κ1) is 19.5. The van der Waals surface area contributed by atoms with Crippen molar-refractivity contribution in [3.05, 3.63) is 28.8 Å². The van der Waals surface area contributed by atoms with Gasteiger partial charge in [-0.3, -0.25) is 9.59 Å². The van der Waals surface area contributed by atoms with Gasteiger partial charge in [-0.05, 0) is 30.4 Å². The SMILES string of the molecule is N#Cc1ccc(Cl)cc1NC(=O)C(=O)NCC1(OCCO)CCSC1. The van der Waals surface area contributed by atoms with Crippen LogP contribution >= 0.6 is 23.4 Å². The minimum atomic E-state index is -0.887. The second-order valence-corrected chi connectivity index (χ2v) is 7.04. The van der Waals surface area contributed by atoms with Gasteiger partial charge in [0.2, 0.25) is 0 Å². The van der Waals surface area contributed by atoms with Crippen molar-refractivity contribution in [1.29, 1.82) is 5.26 Å². The quantitative estimate of drug-likeness (QED) is 0.635. The summed E-state index contributed by atoms with van der Waals surface area (Å²) in [6.45, 7) is 0.246. The van der Waals surface area contributed by atoms with Crippen molar-refractivity contribution in [2.45, 2.75) is 12.0 Å². The van der Waals surface area contributed by atoms with E-state index < -0.39 is 17.4 Å². The average Bonchev–Trinajstić information content (AvgIpc) is 3.07. The van der Waals surface area contributed by atoms with Gasteiger partial charge in [-0.2, -0.15) is 17.0 Å². The number of anilines is 1. The van der Waals surface area contributed by atoms with Gasteiger partial charge in [0.25, 0.3) is 0 Å². The molecule has 1 fully saturated rings. The summed E-state index contributed by atoms with van der Waals surface area (Å²) in [5, 5.41) is 23.3. The zero-order valence-electron chi connectivity index (χ0n) is 13.4. The lowest BCUT2D eigenvalue weighted by Crippen LogP contribution is -2.48. The highest BCUT2D eigenvalue weighted by Gasteiger charge is 2.36. The molecule has 1 saturated heterocycles. The van der Waals surface area contributed by atoms with Crippen LogP contribution in [0.1, 0.15) is 12.0 Å². The first-order valence-corrected chi connectivity index (χ1v) is 9.14. The molecule has 134 valence electrons. The van der Waals surface area contributed by atoms with Crippen molar-refractivity contribution >= 4 is 40.9 Å². The molecule has 0 aliphatic carbocycles. The van der Waals surface area contributed by atoms with Crippen molar-refractivity contribution in [2.75, 3.05) is 36.6 Å². The number of nitriles is 1. The van der Waals surface area contributed by atoms with Gasteiger partial charge in [-0.15, -0.1) is 0 Å². The van der Waals surface area contributed by atoms with Gasteiger partial charge in [0, 0.05) is 17.3 Å². The highest BCUT2D eigenvalue weighted by Crippen LogP contribution is 2.30. The Morgan fingerprint density at radius 3 is 2.88 bits per heavy atom. The molecule has 2 rings (SSSR count). The molecule has 1 aromatic rings. The number of ether oxygens (including phenoxy) is 1. The van der Waals surface area contributed by atoms with Gasteiger partial charge in [-0.1, -0.05) is 11.6 Å². The molecular formula is C16H18ClN3O4S. The number of nitrogens with zero attached hydrogens (tertiary/aromatic N) is 1. The number of hydrogen-bond donors (Lipinski definition) is 3. The van der Waals surface area contributed by atoms with E-state index in [1.54, 1.807) is 11.8 Å². The number of nitrogens with one attached hydrogen (secondary N) is 2. The van der Waals surface area contributed by atoms with Gasteiger partial charge in [0.1, 0.15) is 6.07 Å². The van der Waals surface area contributed by atoms with E-state index in [4.69, 9.17) is 26.7 Å². The molecule has 25 heavy (non-hydrogen) atoms. The third-order valence-corrected chi connectivity index (χ3v) is 5.15. The summed E-state index contributed by atoms with van der Waals surface area (Å²) in [6, 6.07) is 6.31. The second kappa shape index (κ2) is 9.06. The normalized spacial score (nSPS) is 19.2. The van der Waals surface area contributed by atoms with Crippen molar-refractivity contribution in [3.8, 4) is 6.07 Å². The lowest BCUT2D eigenvalue weighted by molar-refractivity contribution is -0.137. The second-order valence-electron chi connectivity index (χ2n) is 5.50. The van der Waals surface area contributed by atoms with E-state index in [1.807, 2.05) is 6.07 Å². The highest BCUT2D eigenvalue weighted by atomic mass is 35.5. The Labute approximate surface area is 154 Å². The van der Waals surface area contributed by atoms with Gasteiger partial charge in [-0.25, -0.2) is 0 Å². The van der Waals surface area contributed by atoms with Crippen LogP contribution in [0.25, 0.3) is 0 Å². The van der Waals surface area contributed by atoms with Crippen LogP contribution in [0.2, 0.25) is 5.02 Å². The number of aliphatic hydroxyl groups excluding tert-OH is 1. The molecular weight excluding hydrogens is 366 g/mol. The number of halogens is 1. The van der Waals surface area contributed by atoms with E-state index in [2.05, 4.69) is 10.6 Å². The van der Waals surface area contributed by atoms with Crippen LogP contribution in [-0.2, 0) is 14.3 Å².